The van der Waals surface area contributed by atoms with Gasteiger partial charge < -0.3 is 23.9 Å². The minimum absolute atomic E-state index is 0.00109. The summed E-state index contributed by atoms with van der Waals surface area (Å²) in [7, 11) is -1.31. The molecule has 0 atom stereocenters. The Kier molecular flexibility index (Phi) is 7.98. The largest absolute Gasteiger partial charge is 0.484 e. The fourth-order valence-corrected chi connectivity index (χ4v) is 4.29. The summed E-state index contributed by atoms with van der Waals surface area (Å²) in [5.41, 5.74) is 0.326. The molecule has 2 heterocycles. The van der Waals surface area contributed by atoms with Crippen LogP contribution in [0.4, 0.5) is 15.9 Å². The highest BCUT2D eigenvalue weighted by Crippen LogP contribution is 2.26. The van der Waals surface area contributed by atoms with Crippen molar-refractivity contribution in [2.45, 2.75) is 11.5 Å². The molecule has 1 amide bonds. The summed E-state index contributed by atoms with van der Waals surface area (Å²) in [4.78, 5) is 20.3. The number of nitrogens with one attached hydrogen (secondary N) is 2. The summed E-state index contributed by atoms with van der Waals surface area (Å²) in [6.45, 7) is -0.0394. The van der Waals surface area contributed by atoms with Gasteiger partial charge in [0.1, 0.15) is 23.9 Å². The van der Waals surface area contributed by atoms with Crippen LogP contribution >= 0.6 is 11.6 Å². The highest BCUT2D eigenvalue weighted by Gasteiger charge is 2.18. The van der Waals surface area contributed by atoms with Crippen LogP contribution in [0.5, 0.6) is 17.6 Å². The number of rotatable bonds is 10. The van der Waals surface area contributed by atoms with Gasteiger partial charge >= 0.3 is 6.01 Å². The molecule has 2 N–H and O–H groups in total. The summed E-state index contributed by atoms with van der Waals surface area (Å²) < 4.78 is 61.9. The van der Waals surface area contributed by atoms with E-state index in [1.165, 1.54) is 62.8 Å². The van der Waals surface area contributed by atoms with Gasteiger partial charge in [-0.3, -0.25) is 9.52 Å². The van der Waals surface area contributed by atoms with E-state index in [9.17, 15) is 17.6 Å². The van der Waals surface area contributed by atoms with Gasteiger partial charge in [-0.25, -0.2) is 12.8 Å². The molecule has 0 aliphatic heterocycles. The molecule has 2 aromatic heterocycles. The Morgan fingerprint density at radius 2 is 1.79 bits per heavy atom. The van der Waals surface area contributed by atoms with Crippen LogP contribution in [0.2, 0.25) is 5.02 Å². The molecule has 0 saturated heterocycles. The van der Waals surface area contributed by atoms with Gasteiger partial charge in [0.15, 0.2) is 11.6 Å². The first-order valence-electron chi connectivity index (χ1n) is 10.7. The summed E-state index contributed by atoms with van der Waals surface area (Å²) in [5, 5.41) is 2.72. The van der Waals surface area contributed by atoms with Gasteiger partial charge in [0, 0.05) is 11.8 Å². The Balaban J connectivity index is 1.38. The van der Waals surface area contributed by atoms with Gasteiger partial charge in [-0.1, -0.05) is 11.6 Å². The van der Waals surface area contributed by atoms with Crippen molar-refractivity contribution in [1.82, 2.24) is 9.97 Å². The van der Waals surface area contributed by atoms with Crippen molar-refractivity contribution in [3.05, 3.63) is 83.0 Å². The molecule has 0 bridgehead atoms. The fourth-order valence-electron chi connectivity index (χ4n) is 3.08. The minimum Gasteiger partial charge on any atom is -0.484 e. The Morgan fingerprint density at radius 1 is 1.03 bits per heavy atom. The molecule has 4 rings (SSSR count). The quantitative estimate of drug-likeness (QED) is 0.285. The Hall–Kier alpha value is -4.36. The zero-order valence-electron chi connectivity index (χ0n) is 19.9. The van der Waals surface area contributed by atoms with E-state index in [2.05, 4.69) is 20.0 Å². The van der Waals surface area contributed by atoms with Gasteiger partial charge in [-0.2, -0.15) is 9.97 Å². The van der Waals surface area contributed by atoms with Gasteiger partial charge in [0.25, 0.3) is 15.9 Å². The molecular weight excluding hydrogens is 543 g/mol. The number of hydrogen-bond donors (Lipinski definition) is 2. The van der Waals surface area contributed by atoms with Gasteiger partial charge in [-0.15, -0.1) is 0 Å². The lowest BCUT2D eigenvalue weighted by Crippen LogP contribution is -2.15. The summed E-state index contributed by atoms with van der Waals surface area (Å²) in [6.07, 6.45) is 0. The average Bonchev–Trinajstić information content (AvgIpc) is 3.37. The third-order valence-electron chi connectivity index (χ3n) is 4.88. The summed E-state index contributed by atoms with van der Waals surface area (Å²) in [6, 6.07) is 13.4. The topological polar surface area (TPSA) is 142 Å². The normalized spacial score (nSPS) is 11.1. The van der Waals surface area contributed by atoms with Crippen LogP contribution in [0.1, 0.15) is 16.3 Å². The molecule has 0 spiro atoms. The van der Waals surface area contributed by atoms with Crippen molar-refractivity contribution in [3.8, 4) is 17.6 Å². The number of nitrogens with zero attached hydrogens (tertiary/aromatic N) is 2. The van der Waals surface area contributed by atoms with Crippen molar-refractivity contribution in [2.24, 2.45) is 0 Å². The maximum atomic E-state index is 13.2. The molecule has 0 aliphatic rings. The number of halogens is 2. The zero-order chi connectivity index (χ0) is 27.3. The third kappa shape index (κ3) is 6.49. The first kappa shape index (κ1) is 26.7. The molecule has 38 heavy (non-hydrogen) atoms. The van der Waals surface area contributed by atoms with Crippen LogP contribution in [0.25, 0.3) is 0 Å². The van der Waals surface area contributed by atoms with Crippen molar-refractivity contribution < 1.29 is 36.2 Å². The highest BCUT2D eigenvalue weighted by atomic mass is 35.5. The second-order valence-electron chi connectivity index (χ2n) is 7.50. The average molecular weight is 563 g/mol. The second kappa shape index (κ2) is 11.4. The van der Waals surface area contributed by atoms with Crippen molar-refractivity contribution in [3.63, 3.8) is 0 Å². The molecule has 0 radical (unpaired) electrons. The monoisotopic (exact) mass is 562 g/mol. The maximum absolute atomic E-state index is 13.2. The molecule has 0 saturated carbocycles. The Bertz CT molecular complexity index is 1540. The fraction of sp³-hybridized carbons (Fsp3) is 0.125. The Morgan fingerprint density at radius 3 is 2.47 bits per heavy atom. The highest BCUT2D eigenvalue weighted by molar-refractivity contribution is 7.92. The van der Waals surface area contributed by atoms with Crippen molar-refractivity contribution in [2.75, 3.05) is 24.3 Å². The number of carbonyl (C=O) groups excluding carboxylic acids is 1. The summed E-state index contributed by atoms with van der Waals surface area (Å²) >= 11 is 5.93. The first-order chi connectivity index (χ1) is 18.2. The van der Waals surface area contributed by atoms with Gasteiger partial charge in [-0.05, 0) is 54.6 Å². The van der Waals surface area contributed by atoms with E-state index in [-0.39, 0.29) is 45.7 Å². The number of benzene rings is 2. The lowest BCUT2D eigenvalue weighted by atomic mass is 10.3. The molecule has 198 valence electrons. The van der Waals surface area contributed by atoms with Gasteiger partial charge in [0.05, 0.1) is 24.1 Å². The van der Waals surface area contributed by atoms with E-state index in [1.54, 1.807) is 6.07 Å². The number of ether oxygens (including phenoxy) is 3. The van der Waals surface area contributed by atoms with Crippen LogP contribution in [0, 0.1) is 5.82 Å². The van der Waals surface area contributed by atoms with Crippen molar-refractivity contribution in [1.29, 1.82) is 0 Å². The van der Waals surface area contributed by atoms with E-state index in [0.29, 0.717) is 11.4 Å². The van der Waals surface area contributed by atoms with Crippen LogP contribution in [0.15, 0.2) is 70.0 Å². The molecule has 0 fully saturated rings. The molecule has 4 aromatic rings. The number of sulfonamides is 1. The second-order valence-corrected chi connectivity index (χ2v) is 9.59. The summed E-state index contributed by atoms with van der Waals surface area (Å²) in [5.74, 6) is -0.402. The van der Waals surface area contributed by atoms with E-state index < -0.39 is 21.7 Å². The minimum atomic E-state index is -4.02. The number of amides is 1. The van der Waals surface area contributed by atoms with Gasteiger partial charge in [0.2, 0.25) is 5.88 Å². The van der Waals surface area contributed by atoms with E-state index >= 15 is 0 Å². The number of methoxy groups -OCH3 is 2. The standard InChI is InChI=1S/C24H20ClFN4O7S/c1-34-22-12-21(28-24(29-22)35-2)30-38(32,33)17-7-4-15(5-8-17)27-23(31)20-10-6-16(37-20)13-36-19-9-3-14(26)11-18(19)25/h3-12H,13H2,1-2H3,(H,27,31)(H,28,29,30). The molecular formula is C24H20ClFN4O7S. The van der Waals surface area contributed by atoms with E-state index in [1.807, 2.05) is 0 Å². The lowest BCUT2D eigenvalue weighted by molar-refractivity contribution is 0.0992. The van der Waals surface area contributed by atoms with Crippen LogP contribution < -0.4 is 24.2 Å². The zero-order valence-corrected chi connectivity index (χ0v) is 21.5. The van der Waals surface area contributed by atoms with E-state index in [4.69, 9.17) is 30.2 Å². The number of anilines is 2. The molecule has 11 nitrogen and oxygen atoms in total. The number of hydrogen-bond acceptors (Lipinski definition) is 9. The molecule has 0 unspecified atom stereocenters. The molecule has 0 aliphatic carbocycles. The van der Waals surface area contributed by atoms with Crippen LogP contribution in [-0.2, 0) is 16.6 Å². The Labute approximate surface area is 221 Å². The lowest BCUT2D eigenvalue weighted by Gasteiger charge is -2.10. The molecule has 2 aromatic carbocycles. The number of aromatic nitrogens is 2. The predicted octanol–water partition coefficient (Wildman–Crippen LogP) is 4.51. The molecule has 14 heteroatoms. The van der Waals surface area contributed by atoms with Crippen LogP contribution in [-0.4, -0.2) is 38.5 Å². The first-order valence-corrected chi connectivity index (χ1v) is 12.6. The number of carbonyl (C=O) groups is 1. The van der Waals surface area contributed by atoms with Crippen LogP contribution in [0.3, 0.4) is 0 Å². The number of furan rings is 1. The maximum Gasteiger partial charge on any atom is 0.321 e. The third-order valence-corrected chi connectivity index (χ3v) is 6.55. The predicted molar refractivity (Wildman–Crippen MR) is 135 cm³/mol. The smallest absolute Gasteiger partial charge is 0.321 e. The van der Waals surface area contributed by atoms with E-state index in [0.717, 1.165) is 6.07 Å². The van der Waals surface area contributed by atoms with Crippen molar-refractivity contribution >= 4 is 39.0 Å². The SMILES string of the molecule is COc1cc(NS(=O)(=O)c2ccc(NC(=O)c3ccc(COc4ccc(F)cc4Cl)o3)cc2)nc(OC)n1.